The third-order valence-corrected chi connectivity index (χ3v) is 5.42. The molecule has 1 aromatic carbocycles. The van der Waals surface area contributed by atoms with Gasteiger partial charge in [0, 0.05) is 26.2 Å². The van der Waals surface area contributed by atoms with Gasteiger partial charge in [-0.2, -0.15) is 5.06 Å². The van der Waals surface area contributed by atoms with Crippen LogP contribution in [0.5, 0.6) is 0 Å². The van der Waals surface area contributed by atoms with Gasteiger partial charge in [-0.05, 0) is 25.0 Å². The average Bonchev–Trinajstić information content (AvgIpc) is 3.03. The number of hydrogen-bond donors (Lipinski definition) is 0. The van der Waals surface area contributed by atoms with Crippen molar-refractivity contribution in [3.8, 4) is 0 Å². The normalized spacial score (nSPS) is 16.2. The van der Waals surface area contributed by atoms with E-state index in [0.29, 0.717) is 12.6 Å². The molecule has 0 bridgehead atoms. The largest absolute Gasteiger partial charge is 0.364 e. The SMILES string of the molecule is CON(C)C1CCN(C(=O)COCc2nc3ccccc3s2)CC1. The molecule has 6 nitrogen and oxygen atoms in total. The zero-order chi connectivity index (χ0) is 16.9. The number of rotatable bonds is 6. The highest BCUT2D eigenvalue weighted by atomic mass is 32.1. The number of likely N-dealkylation sites (tertiary alicyclic amines) is 1. The number of carbonyl (C=O) groups is 1. The Labute approximate surface area is 145 Å². The van der Waals surface area contributed by atoms with E-state index in [-0.39, 0.29) is 12.5 Å². The van der Waals surface area contributed by atoms with E-state index < -0.39 is 0 Å². The van der Waals surface area contributed by atoms with Crippen LogP contribution in [0.2, 0.25) is 0 Å². The highest BCUT2D eigenvalue weighted by Crippen LogP contribution is 2.22. The zero-order valence-electron chi connectivity index (χ0n) is 14.1. The Kier molecular flexibility index (Phi) is 5.78. The van der Waals surface area contributed by atoms with E-state index in [9.17, 15) is 4.79 Å². The monoisotopic (exact) mass is 349 g/mol. The van der Waals surface area contributed by atoms with Gasteiger partial charge in [-0.1, -0.05) is 12.1 Å². The van der Waals surface area contributed by atoms with Gasteiger partial charge in [0.05, 0.1) is 23.9 Å². The van der Waals surface area contributed by atoms with Gasteiger partial charge >= 0.3 is 0 Å². The number of fused-ring (bicyclic) bond motifs is 1. The van der Waals surface area contributed by atoms with Crippen LogP contribution in [-0.2, 0) is 21.0 Å². The van der Waals surface area contributed by atoms with E-state index in [1.54, 1.807) is 18.4 Å². The minimum Gasteiger partial charge on any atom is -0.364 e. The average molecular weight is 349 g/mol. The summed E-state index contributed by atoms with van der Waals surface area (Å²) in [6.07, 6.45) is 1.85. The number of benzene rings is 1. The lowest BCUT2D eigenvalue weighted by molar-refractivity contribution is -0.157. The second-order valence-corrected chi connectivity index (χ2v) is 7.02. The van der Waals surface area contributed by atoms with Crippen LogP contribution in [-0.4, -0.2) is 60.7 Å². The minimum atomic E-state index is 0.0506. The Hall–Kier alpha value is -1.54. The molecule has 0 radical (unpaired) electrons. The van der Waals surface area contributed by atoms with Gasteiger partial charge in [-0.15, -0.1) is 11.3 Å². The lowest BCUT2D eigenvalue weighted by atomic mass is 10.1. The number of amides is 1. The van der Waals surface area contributed by atoms with Gasteiger partial charge in [0.15, 0.2) is 0 Å². The van der Waals surface area contributed by atoms with E-state index >= 15 is 0 Å². The molecule has 24 heavy (non-hydrogen) atoms. The Balaban J connectivity index is 1.43. The van der Waals surface area contributed by atoms with Crippen molar-refractivity contribution in [2.45, 2.75) is 25.5 Å². The summed E-state index contributed by atoms with van der Waals surface area (Å²) < 4.78 is 6.73. The highest BCUT2D eigenvalue weighted by molar-refractivity contribution is 7.18. The molecule has 1 aliphatic heterocycles. The first kappa shape index (κ1) is 17.3. The second-order valence-electron chi connectivity index (χ2n) is 5.91. The van der Waals surface area contributed by atoms with Crippen LogP contribution in [0, 0.1) is 0 Å². The van der Waals surface area contributed by atoms with Gasteiger partial charge in [0.25, 0.3) is 0 Å². The predicted octanol–water partition coefficient (Wildman–Crippen LogP) is 2.30. The fourth-order valence-corrected chi connectivity index (χ4v) is 3.83. The van der Waals surface area contributed by atoms with Crippen LogP contribution in [0.15, 0.2) is 24.3 Å². The molecule has 0 aliphatic carbocycles. The molecule has 3 rings (SSSR count). The summed E-state index contributed by atoms with van der Waals surface area (Å²) >= 11 is 1.61. The molecule has 0 unspecified atom stereocenters. The van der Waals surface area contributed by atoms with E-state index in [0.717, 1.165) is 41.2 Å². The summed E-state index contributed by atoms with van der Waals surface area (Å²) in [6, 6.07) is 8.38. The van der Waals surface area contributed by atoms with Crippen molar-refractivity contribution >= 4 is 27.5 Å². The number of piperidine rings is 1. The van der Waals surface area contributed by atoms with Crippen LogP contribution in [0.25, 0.3) is 10.2 Å². The maximum absolute atomic E-state index is 12.2. The number of aromatic nitrogens is 1. The summed E-state index contributed by atoms with van der Waals surface area (Å²) in [5, 5.41) is 2.77. The molecule has 1 aliphatic rings. The Morgan fingerprint density at radius 1 is 1.38 bits per heavy atom. The van der Waals surface area contributed by atoms with Crippen molar-refractivity contribution in [3.05, 3.63) is 29.3 Å². The molecular weight excluding hydrogens is 326 g/mol. The van der Waals surface area contributed by atoms with Gasteiger partial charge in [-0.3, -0.25) is 4.79 Å². The topological polar surface area (TPSA) is 54.9 Å². The van der Waals surface area contributed by atoms with Crippen LogP contribution in [0.3, 0.4) is 0 Å². The van der Waals surface area contributed by atoms with Crippen LogP contribution in [0.1, 0.15) is 17.8 Å². The van der Waals surface area contributed by atoms with Crippen LogP contribution < -0.4 is 0 Å². The molecule has 1 aromatic heterocycles. The fourth-order valence-electron chi connectivity index (χ4n) is 2.93. The molecule has 2 aromatic rings. The Bertz CT molecular complexity index is 650. The molecule has 1 amide bonds. The lowest BCUT2D eigenvalue weighted by Crippen LogP contribution is -2.46. The molecule has 0 saturated carbocycles. The Morgan fingerprint density at radius 3 is 2.83 bits per heavy atom. The van der Waals surface area contributed by atoms with Gasteiger partial charge in [0.2, 0.25) is 5.91 Å². The number of hydrogen-bond acceptors (Lipinski definition) is 6. The number of para-hydroxylation sites is 1. The fraction of sp³-hybridized carbons (Fsp3) is 0.529. The number of hydroxylamine groups is 2. The van der Waals surface area contributed by atoms with Crippen molar-refractivity contribution in [1.29, 1.82) is 0 Å². The van der Waals surface area contributed by atoms with Crippen molar-refractivity contribution in [2.75, 3.05) is 33.9 Å². The van der Waals surface area contributed by atoms with Gasteiger partial charge in [0.1, 0.15) is 11.6 Å². The highest BCUT2D eigenvalue weighted by Gasteiger charge is 2.25. The summed E-state index contributed by atoms with van der Waals surface area (Å²) in [5.74, 6) is 0.0506. The summed E-state index contributed by atoms with van der Waals surface area (Å²) in [6.45, 7) is 2.00. The van der Waals surface area contributed by atoms with Gasteiger partial charge in [-0.25, -0.2) is 4.98 Å². The number of carbonyl (C=O) groups excluding carboxylic acids is 1. The predicted molar refractivity (Wildman–Crippen MR) is 93.7 cm³/mol. The number of thiazole rings is 1. The third kappa shape index (κ3) is 4.10. The quantitative estimate of drug-likeness (QED) is 0.749. The van der Waals surface area contributed by atoms with Crippen molar-refractivity contribution in [3.63, 3.8) is 0 Å². The number of ether oxygens (including phenoxy) is 1. The first-order chi connectivity index (χ1) is 11.7. The molecule has 0 atom stereocenters. The molecule has 7 heteroatoms. The first-order valence-electron chi connectivity index (χ1n) is 8.14. The molecule has 1 fully saturated rings. The molecular formula is C17H23N3O3S. The zero-order valence-corrected chi connectivity index (χ0v) is 14.9. The molecule has 0 N–H and O–H groups in total. The van der Waals surface area contributed by atoms with Crippen LogP contribution in [0.4, 0.5) is 0 Å². The van der Waals surface area contributed by atoms with E-state index in [2.05, 4.69) is 4.98 Å². The maximum Gasteiger partial charge on any atom is 0.248 e. The molecule has 2 heterocycles. The summed E-state index contributed by atoms with van der Waals surface area (Å²) in [5.41, 5.74) is 0.983. The van der Waals surface area contributed by atoms with E-state index in [1.165, 1.54) is 0 Å². The second kappa shape index (κ2) is 8.02. The number of nitrogens with zero attached hydrogens (tertiary/aromatic N) is 3. The molecule has 130 valence electrons. The third-order valence-electron chi connectivity index (χ3n) is 4.41. The van der Waals surface area contributed by atoms with Gasteiger partial charge < -0.3 is 14.5 Å². The first-order valence-corrected chi connectivity index (χ1v) is 8.96. The van der Waals surface area contributed by atoms with Crippen molar-refractivity contribution in [1.82, 2.24) is 14.9 Å². The van der Waals surface area contributed by atoms with E-state index in [1.807, 2.05) is 41.3 Å². The Morgan fingerprint density at radius 2 is 2.12 bits per heavy atom. The summed E-state index contributed by atoms with van der Waals surface area (Å²) in [4.78, 5) is 23.9. The summed E-state index contributed by atoms with van der Waals surface area (Å²) in [7, 11) is 3.61. The minimum absolute atomic E-state index is 0.0506. The van der Waals surface area contributed by atoms with E-state index in [4.69, 9.17) is 9.57 Å². The molecule has 0 spiro atoms. The standard InChI is InChI=1S/C17H23N3O3S/c1-19(22-2)13-7-9-20(10-8-13)17(21)12-23-11-16-18-14-5-3-4-6-15(14)24-16/h3-6,13H,7-12H2,1-2H3. The lowest BCUT2D eigenvalue weighted by Gasteiger charge is -2.35. The molecule has 1 saturated heterocycles. The van der Waals surface area contributed by atoms with Crippen LogP contribution >= 0.6 is 11.3 Å². The van der Waals surface area contributed by atoms with Crippen molar-refractivity contribution in [2.24, 2.45) is 0 Å². The van der Waals surface area contributed by atoms with Crippen molar-refractivity contribution < 1.29 is 14.4 Å². The smallest absolute Gasteiger partial charge is 0.248 e. The maximum atomic E-state index is 12.2.